The number of hydrogen-bond acceptors (Lipinski definition) is 13. The number of aliphatic hydroxyl groups excluding tert-OH is 1. The first-order valence-corrected chi connectivity index (χ1v) is 12.9. The summed E-state index contributed by atoms with van der Waals surface area (Å²) in [5, 5.41) is 10.7. The number of benzene rings is 1. The normalized spacial score (nSPS) is 33.9. The molecule has 13 heteroatoms. The van der Waals surface area contributed by atoms with Crippen molar-refractivity contribution in [3.8, 4) is 0 Å². The predicted molar refractivity (Wildman–Crippen MR) is 133 cm³/mol. The van der Waals surface area contributed by atoms with Crippen LogP contribution in [-0.2, 0) is 63.7 Å². The van der Waals surface area contributed by atoms with E-state index in [4.69, 9.17) is 37.9 Å². The van der Waals surface area contributed by atoms with Gasteiger partial charge in [-0.1, -0.05) is 30.3 Å². The van der Waals surface area contributed by atoms with E-state index in [1.807, 2.05) is 30.3 Å². The molecule has 2 fully saturated rings. The molecule has 2 aliphatic heterocycles. The lowest BCUT2D eigenvalue weighted by Gasteiger charge is -2.48. The van der Waals surface area contributed by atoms with Gasteiger partial charge in [-0.15, -0.1) is 0 Å². The van der Waals surface area contributed by atoms with Gasteiger partial charge in [0.1, 0.15) is 12.2 Å². The third-order valence-corrected chi connectivity index (χ3v) is 6.26. The fourth-order valence-corrected chi connectivity index (χ4v) is 4.69. The highest BCUT2D eigenvalue weighted by molar-refractivity contribution is 5.68. The van der Waals surface area contributed by atoms with Crippen molar-refractivity contribution in [2.75, 3.05) is 0 Å². The summed E-state index contributed by atoms with van der Waals surface area (Å²) in [6.07, 6.45) is -12.0. The third kappa shape index (κ3) is 8.21. The summed E-state index contributed by atoms with van der Waals surface area (Å²) in [6, 6.07) is 9.24. The van der Waals surface area contributed by atoms with Gasteiger partial charge in [-0.05, 0) is 19.4 Å². The molecule has 2 heterocycles. The van der Waals surface area contributed by atoms with Crippen molar-refractivity contribution in [2.45, 2.75) is 110 Å². The largest absolute Gasteiger partial charge is 0.456 e. The van der Waals surface area contributed by atoms with E-state index in [1.54, 1.807) is 13.8 Å². The van der Waals surface area contributed by atoms with Gasteiger partial charge in [0.2, 0.25) is 0 Å². The van der Waals surface area contributed by atoms with Crippen LogP contribution in [0, 0.1) is 0 Å². The van der Waals surface area contributed by atoms with Gasteiger partial charge in [0.05, 0.1) is 18.8 Å². The Morgan fingerprint density at radius 3 is 1.75 bits per heavy atom. The molecule has 10 atom stereocenters. The summed E-state index contributed by atoms with van der Waals surface area (Å²) in [4.78, 5) is 47.8. The molecule has 1 aromatic carbocycles. The highest BCUT2D eigenvalue weighted by Gasteiger charge is 2.55. The van der Waals surface area contributed by atoms with Crippen LogP contribution < -0.4 is 0 Å². The molecule has 0 saturated carbocycles. The number of hydrogen-bond donors (Lipinski definition) is 1. The number of ether oxygens (including phenoxy) is 8. The van der Waals surface area contributed by atoms with Gasteiger partial charge in [0.15, 0.2) is 37.0 Å². The summed E-state index contributed by atoms with van der Waals surface area (Å²) in [5.74, 6) is -2.89. The zero-order valence-electron chi connectivity index (χ0n) is 23.2. The van der Waals surface area contributed by atoms with E-state index in [0.29, 0.717) is 0 Å². The van der Waals surface area contributed by atoms with Gasteiger partial charge in [0.25, 0.3) is 0 Å². The van der Waals surface area contributed by atoms with E-state index in [-0.39, 0.29) is 6.61 Å². The number of esters is 4. The van der Waals surface area contributed by atoms with E-state index in [1.165, 1.54) is 6.92 Å². The van der Waals surface area contributed by atoms with Gasteiger partial charge < -0.3 is 43.0 Å². The molecule has 13 nitrogen and oxygen atoms in total. The van der Waals surface area contributed by atoms with Crippen LogP contribution in [-0.4, -0.2) is 90.4 Å². The molecule has 0 bridgehead atoms. The van der Waals surface area contributed by atoms with E-state index in [2.05, 4.69) is 0 Å². The van der Waals surface area contributed by atoms with E-state index in [0.717, 1.165) is 26.3 Å². The maximum absolute atomic E-state index is 12.1. The molecular weight excluding hydrogens is 532 g/mol. The van der Waals surface area contributed by atoms with Crippen molar-refractivity contribution in [2.24, 2.45) is 0 Å². The lowest BCUT2D eigenvalue weighted by Crippen LogP contribution is -2.65. The standard InChI is InChI=1S/C27H36O13/c1-13-20(33-12-19-10-8-7-9-11-19)22(24(26(32)34-13)38-17(5)30)40-27-25(39-18(6)31)23(37-16(4)29)21(14(2)35-27)36-15(3)28/h7-11,13-14,20-27,32H,12H2,1-6H3/t13-,14-,20-,21-,22+,23+,24+,25+,26-,27-/m0/s1. The number of carbonyl (C=O) groups excluding carboxylic acids is 4. The minimum Gasteiger partial charge on any atom is -0.456 e. The molecule has 0 aliphatic carbocycles. The molecule has 3 rings (SSSR count). The van der Waals surface area contributed by atoms with Crippen LogP contribution in [0.25, 0.3) is 0 Å². The number of aliphatic hydroxyl groups is 1. The summed E-state index contributed by atoms with van der Waals surface area (Å²) < 4.78 is 45.5. The fraction of sp³-hybridized carbons (Fsp3) is 0.630. The quantitative estimate of drug-likeness (QED) is 0.334. The van der Waals surface area contributed by atoms with Crippen molar-refractivity contribution >= 4 is 23.9 Å². The first kappa shape index (κ1) is 31.4. The molecule has 40 heavy (non-hydrogen) atoms. The minimum absolute atomic E-state index is 0.127. The van der Waals surface area contributed by atoms with Crippen LogP contribution >= 0.6 is 0 Å². The Balaban J connectivity index is 1.98. The first-order valence-electron chi connectivity index (χ1n) is 12.9. The summed E-state index contributed by atoms with van der Waals surface area (Å²) in [5.41, 5.74) is 0.836. The van der Waals surface area contributed by atoms with Crippen molar-refractivity contribution < 1.29 is 62.2 Å². The fourth-order valence-electron chi connectivity index (χ4n) is 4.69. The van der Waals surface area contributed by atoms with Crippen LogP contribution in [0.1, 0.15) is 47.1 Å². The number of rotatable bonds is 9. The maximum atomic E-state index is 12.1. The van der Waals surface area contributed by atoms with E-state index >= 15 is 0 Å². The van der Waals surface area contributed by atoms with Crippen molar-refractivity contribution in [1.29, 1.82) is 0 Å². The summed E-state index contributed by atoms with van der Waals surface area (Å²) >= 11 is 0. The summed E-state index contributed by atoms with van der Waals surface area (Å²) in [7, 11) is 0. The second kappa shape index (κ2) is 14.0. The lowest BCUT2D eigenvalue weighted by molar-refractivity contribution is -0.355. The maximum Gasteiger partial charge on any atom is 0.303 e. The van der Waals surface area contributed by atoms with E-state index in [9.17, 15) is 24.3 Å². The molecule has 0 radical (unpaired) electrons. The highest BCUT2D eigenvalue weighted by atomic mass is 16.8. The molecule has 0 unspecified atom stereocenters. The molecule has 0 amide bonds. The van der Waals surface area contributed by atoms with Gasteiger partial charge in [-0.25, -0.2) is 0 Å². The minimum atomic E-state index is -1.59. The Kier molecular flexibility index (Phi) is 11.0. The average Bonchev–Trinajstić information content (AvgIpc) is 2.85. The van der Waals surface area contributed by atoms with E-state index < -0.39 is 85.3 Å². The van der Waals surface area contributed by atoms with Crippen LogP contribution in [0.3, 0.4) is 0 Å². The van der Waals surface area contributed by atoms with Crippen LogP contribution in [0.15, 0.2) is 30.3 Å². The van der Waals surface area contributed by atoms with Crippen molar-refractivity contribution in [3.05, 3.63) is 35.9 Å². The molecule has 2 saturated heterocycles. The van der Waals surface area contributed by atoms with Crippen molar-refractivity contribution in [1.82, 2.24) is 0 Å². The molecule has 0 spiro atoms. The van der Waals surface area contributed by atoms with Crippen molar-refractivity contribution in [3.63, 3.8) is 0 Å². The topological polar surface area (TPSA) is 162 Å². The van der Waals surface area contributed by atoms with Gasteiger partial charge in [-0.2, -0.15) is 0 Å². The van der Waals surface area contributed by atoms with Gasteiger partial charge >= 0.3 is 23.9 Å². The van der Waals surface area contributed by atoms with Gasteiger partial charge in [0, 0.05) is 27.7 Å². The SMILES string of the molecule is CC(=O)O[C@@H]1[C@@H](OC(C)=O)[C@H](C)O[C@@H](O[C@@H]2[C@@H](OCc3ccccc3)[C@H](C)O[C@H](O)[C@@H]2OC(C)=O)[C@@H]1OC(C)=O. The smallest absolute Gasteiger partial charge is 0.303 e. The lowest BCUT2D eigenvalue weighted by atomic mass is 9.96. The Bertz CT molecular complexity index is 1030. The molecular formula is C27H36O13. The molecule has 222 valence electrons. The Labute approximate surface area is 231 Å². The first-order chi connectivity index (χ1) is 18.9. The molecule has 0 aromatic heterocycles. The zero-order valence-corrected chi connectivity index (χ0v) is 23.2. The second-order valence-corrected chi connectivity index (χ2v) is 9.60. The third-order valence-electron chi connectivity index (χ3n) is 6.26. The molecule has 1 N–H and O–H groups in total. The van der Waals surface area contributed by atoms with Crippen LogP contribution in [0.4, 0.5) is 0 Å². The Hall–Kier alpha value is -3.10. The number of carbonyl (C=O) groups is 4. The Morgan fingerprint density at radius 2 is 1.18 bits per heavy atom. The zero-order chi connectivity index (χ0) is 29.6. The highest BCUT2D eigenvalue weighted by Crippen LogP contribution is 2.34. The Morgan fingerprint density at radius 1 is 0.675 bits per heavy atom. The average molecular weight is 569 g/mol. The van der Waals surface area contributed by atoms with Crippen LogP contribution in [0.5, 0.6) is 0 Å². The monoisotopic (exact) mass is 568 g/mol. The summed E-state index contributed by atoms with van der Waals surface area (Å²) in [6.45, 7) is 7.93. The molecule has 2 aliphatic rings. The predicted octanol–water partition coefficient (Wildman–Crippen LogP) is 1.17. The molecule has 1 aromatic rings. The van der Waals surface area contributed by atoms with Crippen LogP contribution in [0.2, 0.25) is 0 Å². The van der Waals surface area contributed by atoms with Gasteiger partial charge in [-0.3, -0.25) is 19.2 Å². The second-order valence-electron chi connectivity index (χ2n) is 9.60.